The van der Waals surface area contributed by atoms with Crippen molar-refractivity contribution in [3.8, 4) is 5.82 Å². The number of rotatable bonds is 5. The van der Waals surface area contributed by atoms with Gasteiger partial charge in [-0.25, -0.2) is 9.97 Å². The van der Waals surface area contributed by atoms with Crippen molar-refractivity contribution in [3.63, 3.8) is 0 Å². The molecule has 7 nitrogen and oxygen atoms in total. The Hall–Kier alpha value is -2.41. The van der Waals surface area contributed by atoms with E-state index in [0.29, 0.717) is 12.5 Å². The third kappa shape index (κ3) is 4.07. The van der Waals surface area contributed by atoms with Gasteiger partial charge in [0.1, 0.15) is 12.1 Å². The lowest BCUT2D eigenvalue weighted by molar-refractivity contribution is 0.186. The van der Waals surface area contributed by atoms with Gasteiger partial charge in [-0.2, -0.15) is 0 Å². The highest BCUT2D eigenvalue weighted by atomic mass is 16.5. The average molecular weight is 314 g/mol. The molecule has 7 heteroatoms. The standard InChI is InChI=1S/C16H22N6O/c1-17-16(20-9-13-4-8-23-11-13)21-10-14-3-2-5-19-15(14)22-7-6-18-12-22/h2-3,5-7,12-13H,4,8-11H2,1H3,(H2,17,20,21). The zero-order chi connectivity index (χ0) is 15.9. The number of aliphatic imine (C=N–C) groups is 1. The molecule has 1 saturated heterocycles. The maximum Gasteiger partial charge on any atom is 0.191 e. The first-order valence-corrected chi connectivity index (χ1v) is 7.81. The summed E-state index contributed by atoms with van der Waals surface area (Å²) in [6.45, 7) is 3.21. The van der Waals surface area contributed by atoms with Gasteiger partial charge in [0, 0.05) is 56.8 Å². The Morgan fingerprint density at radius 3 is 3.13 bits per heavy atom. The molecule has 0 aliphatic carbocycles. The molecule has 1 aliphatic heterocycles. The topological polar surface area (TPSA) is 76.4 Å². The molecule has 0 aromatic carbocycles. The third-order valence-electron chi connectivity index (χ3n) is 3.87. The molecular weight excluding hydrogens is 292 g/mol. The molecule has 0 spiro atoms. The Kier molecular flexibility index (Phi) is 5.21. The van der Waals surface area contributed by atoms with E-state index < -0.39 is 0 Å². The molecule has 3 heterocycles. The molecule has 1 aliphatic rings. The number of aromatic nitrogens is 3. The van der Waals surface area contributed by atoms with Crippen LogP contribution in [0.1, 0.15) is 12.0 Å². The van der Waals surface area contributed by atoms with Crippen LogP contribution >= 0.6 is 0 Å². The third-order valence-corrected chi connectivity index (χ3v) is 3.87. The van der Waals surface area contributed by atoms with Gasteiger partial charge in [-0.1, -0.05) is 6.07 Å². The molecule has 0 saturated carbocycles. The Bertz CT molecular complexity index is 634. The van der Waals surface area contributed by atoms with E-state index in [1.807, 2.05) is 22.9 Å². The predicted octanol–water partition coefficient (Wildman–Crippen LogP) is 0.969. The van der Waals surface area contributed by atoms with Crippen LogP contribution in [-0.4, -0.2) is 47.3 Å². The zero-order valence-corrected chi connectivity index (χ0v) is 13.3. The Balaban J connectivity index is 1.58. The first kappa shape index (κ1) is 15.5. The highest BCUT2D eigenvalue weighted by Gasteiger charge is 2.15. The van der Waals surface area contributed by atoms with Crippen molar-refractivity contribution in [2.24, 2.45) is 10.9 Å². The van der Waals surface area contributed by atoms with Gasteiger partial charge in [-0.15, -0.1) is 0 Å². The minimum absolute atomic E-state index is 0.563. The monoisotopic (exact) mass is 314 g/mol. The largest absolute Gasteiger partial charge is 0.381 e. The number of nitrogens with zero attached hydrogens (tertiary/aromatic N) is 4. The van der Waals surface area contributed by atoms with Crippen LogP contribution in [0.5, 0.6) is 0 Å². The van der Waals surface area contributed by atoms with Crippen molar-refractivity contribution in [2.75, 3.05) is 26.8 Å². The van der Waals surface area contributed by atoms with Crippen LogP contribution in [0.4, 0.5) is 0 Å². The maximum atomic E-state index is 5.39. The molecule has 0 radical (unpaired) electrons. The molecule has 1 atom stereocenters. The SMILES string of the molecule is CN=C(NCc1cccnc1-n1ccnc1)NCC1CCOC1. The van der Waals surface area contributed by atoms with Crippen molar-refractivity contribution in [1.82, 2.24) is 25.2 Å². The first-order chi connectivity index (χ1) is 11.4. The van der Waals surface area contributed by atoms with Crippen molar-refractivity contribution >= 4 is 5.96 Å². The van der Waals surface area contributed by atoms with E-state index in [0.717, 1.165) is 43.5 Å². The van der Waals surface area contributed by atoms with Gasteiger partial charge in [0.2, 0.25) is 0 Å². The minimum atomic E-state index is 0.563. The van der Waals surface area contributed by atoms with Crippen LogP contribution in [0.15, 0.2) is 42.0 Å². The highest BCUT2D eigenvalue weighted by molar-refractivity contribution is 5.79. The summed E-state index contributed by atoms with van der Waals surface area (Å²) in [4.78, 5) is 12.8. The smallest absolute Gasteiger partial charge is 0.191 e. The number of guanidine groups is 1. The summed E-state index contributed by atoms with van der Waals surface area (Å²) in [7, 11) is 1.78. The summed E-state index contributed by atoms with van der Waals surface area (Å²) in [5.74, 6) is 2.22. The predicted molar refractivity (Wildman–Crippen MR) is 88.5 cm³/mol. The molecule has 23 heavy (non-hydrogen) atoms. The van der Waals surface area contributed by atoms with Gasteiger partial charge in [0.25, 0.3) is 0 Å². The fourth-order valence-electron chi connectivity index (χ4n) is 2.57. The van der Waals surface area contributed by atoms with Crippen LogP contribution in [0.2, 0.25) is 0 Å². The summed E-state index contributed by atoms with van der Waals surface area (Å²) < 4.78 is 7.30. The van der Waals surface area contributed by atoms with Crippen molar-refractivity contribution < 1.29 is 4.74 Å². The quantitative estimate of drug-likeness (QED) is 0.635. The number of nitrogens with one attached hydrogen (secondary N) is 2. The highest BCUT2D eigenvalue weighted by Crippen LogP contribution is 2.11. The van der Waals surface area contributed by atoms with E-state index in [1.54, 1.807) is 25.8 Å². The lowest BCUT2D eigenvalue weighted by atomic mass is 10.1. The van der Waals surface area contributed by atoms with Crippen LogP contribution in [0, 0.1) is 5.92 Å². The molecule has 3 rings (SSSR count). The van der Waals surface area contributed by atoms with Crippen LogP contribution in [0.25, 0.3) is 5.82 Å². The molecule has 2 aromatic rings. The fraction of sp³-hybridized carbons (Fsp3) is 0.438. The molecule has 2 aromatic heterocycles. The minimum Gasteiger partial charge on any atom is -0.381 e. The first-order valence-electron chi connectivity index (χ1n) is 7.81. The summed E-state index contributed by atoms with van der Waals surface area (Å²) >= 11 is 0. The summed E-state index contributed by atoms with van der Waals surface area (Å²) in [5, 5.41) is 6.69. The lowest BCUT2D eigenvalue weighted by Gasteiger charge is -2.15. The molecule has 122 valence electrons. The number of hydrogen-bond donors (Lipinski definition) is 2. The second-order valence-corrected chi connectivity index (χ2v) is 5.49. The van der Waals surface area contributed by atoms with E-state index in [-0.39, 0.29) is 0 Å². The second-order valence-electron chi connectivity index (χ2n) is 5.49. The summed E-state index contributed by atoms with van der Waals surface area (Å²) in [5.41, 5.74) is 1.08. The number of hydrogen-bond acceptors (Lipinski definition) is 4. The molecule has 2 N–H and O–H groups in total. The molecule has 0 amide bonds. The molecule has 0 bridgehead atoms. The Morgan fingerprint density at radius 2 is 2.39 bits per heavy atom. The van der Waals surface area contributed by atoms with E-state index in [2.05, 4.69) is 25.6 Å². The number of pyridine rings is 1. The van der Waals surface area contributed by atoms with Gasteiger partial charge in [-0.3, -0.25) is 9.56 Å². The number of ether oxygens (including phenoxy) is 1. The molecular formula is C16H22N6O. The number of imidazole rings is 1. The van der Waals surface area contributed by atoms with Crippen LogP contribution < -0.4 is 10.6 Å². The van der Waals surface area contributed by atoms with Gasteiger partial charge in [0.15, 0.2) is 5.96 Å². The van der Waals surface area contributed by atoms with Crippen LogP contribution in [0.3, 0.4) is 0 Å². The van der Waals surface area contributed by atoms with Crippen molar-refractivity contribution in [1.29, 1.82) is 0 Å². The molecule has 1 unspecified atom stereocenters. The van der Waals surface area contributed by atoms with E-state index in [1.165, 1.54) is 0 Å². The second kappa shape index (κ2) is 7.73. The van der Waals surface area contributed by atoms with Gasteiger partial charge >= 0.3 is 0 Å². The Morgan fingerprint density at radius 1 is 1.43 bits per heavy atom. The van der Waals surface area contributed by atoms with Gasteiger partial charge in [-0.05, 0) is 12.5 Å². The maximum absolute atomic E-state index is 5.39. The van der Waals surface area contributed by atoms with E-state index >= 15 is 0 Å². The molecule has 1 fully saturated rings. The van der Waals surface area contributed by atoms with E-state index in [9.17, 15) is 0 Å². The average Bonchev–Trinajstić information content (AvgIpc) is 3.29. The summed E-state index contributed by atoms with van der Waals surface area (Å²) in [6, 6.07) is 3.98. The fourth-order valence-corrected chi connectivity index (χ4v) is 2.57. The van der Waals surface area contributed by atoms with Crippen molar-refractivity contribution in [3.05, 3.63) is 42.6 Å². The van der Waals surface area contributed by atoms with Crippen molar-refractivity contribution in [2.45, 2.75) is 13.0 Å². The lowest BCUT2D eigenvalue weighted by Crippen LogP contribution is -2.39. The van der Waals surface area contributed by atoms with Gasteiger partial charge in [0.05, 0.1) is 6.61 Å². The van der Waals surface area contributed by atoms with Crippen LogP contribution in [-0.2, 0) is 11.3 Å². The zero-order valence-electron chi connectivity index (χ0n) is 13.3. The summed E-state index contributed by atoms with van der Waals surface area (Å²) in [6.07, 6.45) is 8.28. The normalized spacial score (nSPS) is 18.1. The van der Waals surface area contributed by atoms with Gasteiger partial charge < -0.3 is 15.4 Å². The Labute approximate surface area is 135 Å². The van der Waals surface area contributed by atoms with E-state index in [4.69, 9.17) is 4.74 Å².